The number of imide groups is 1. The SMILES string of the molecule is Cn1cc(-c2cnc3c(nnn3C[C@@H]3CN(c4ncc(-c5ccc(CN6CCN(C(=O)COCCOCCOCCOCCOCCNc7cccc8cnn(C9CCC(=O)NC9=O)c(=O)c78)CC6)cc5)cn4)CCO3)n2)cn1. The van der Waals surface area contributed by atoms with Crippen LogP contribution in [0.15, 0.2) is 84.4 Å². The molecule has 2 aromatic carbocycles. The van der Waals surface area contributed by atoms with Crippen molar-refractivity contribution in [1.82, 2.24) is 69.6 Å². The molecule has 79 heavy (non-hydrogen) atoms. The van der Waals surface area contributed by atoms with Gasteiger partial charge in [0, 0.05) is 107 Å². The largest absolute Gasteiger partial charge is 0.382 e. The van der Waals surface area contributed by atoms with Gasteiger partial charge in [-0.25, -0.2) is 29.3 Å². The third-order valence-electron chi connectivity index (χ3n) is 13.7. The van der Waals surface area contributed by atoms with Crippen LogP contribution >= 0.6 is 0 Å². The van der Waals surface area contributed by atoms with Crippen LogP contribution in [-0.4, -0.2) is 207 Å². The minimum Gasteiger partial charge on any atom is -0.382 e. The van der Waals surface area contributed by atoms with Crippen molar-refractivity contribution in [2.45, 2.75) is 38.1 Å². The Kier molecular flexibility index (Phi) is 18.5. The second-order valence-corrected chi connectivity index (χ2v) is 19.2. The van der Waals surface area contributed by atoms with E-state index < -0.39 is 17.5 Å². The number of benzene rings is 2. The van der Waals surface area contributed by atoms with Crippen molar-refractivity contribution in [3.8, 4) is 22.4 Å². The number of carbonyl (C=O) groups is 3. The average Bonchev–Trinajstić information content (AvgIpc) is 4.22. The molecule has 416 valence electrons. The summed E-state index contributed by atoms with van der Waals surface area (Å²) >= 11 is 0. The zero-order chi connectivity index (χ0) is 54.3. The number of nitrogens with zero attached hydrogens (tertiary/aromatic N) is 14. The number of aromatic nitrogens is 11. The lowest BCUT2D eigenvalue weighted by atomic mass is 10.1. The maximum absolute atomic E-state index is 13.4. The number of morpholine rings is 1. The molecule has 26 heteroatoms. The molecule has 3 fully saturated rings. The summed E-state index contributed by atoms with van der Waals surface area (Å²) in [5.41, 5.74) is 5.96. The number of piperazine rings is 1. The number of carbonyl (C=O) groups excluding carboxylic acids is 3. The van der Waals surface area contributed by atoms with Crippen LogP contribution in [0.3, 0.4) is 0 Å². The van der Waals surface area contributed by atoms with E-state index in [0.29, 0.717) is 145 Å². The Hall–Kier alpha value is -7.72. The summed E-state index contributed by atoms with van der Waals surface area (Å²) in [5, 5.41) is 23.6. The van der Waals surface area contributed by atoms with Crippen molar-refractivity contribution in [3.05, 3.63) is 95.6 Å². The number of rotatable bonds is 26. The first-order valence-corrected chi connectivity index (χ1v) is 26.5. The molecule has 2 atom stereocenters. The molecule has 7 aromatic rings. The fourth-order valence-electron chi connectivity index (χ4n) is 9.51. The van der Waals surface area contributed by atoms with E-state index in [2.05, 4.69) is 75.2 Å². The Bertz CT molecular complexity index is 3220. The summed E-state index contributed by atoms with van der Waals surface area (Å²) in [7, 11) is 1.86. The summed E-state index contributed by atoms with van der Waals surface area (Å²) in [6.07, 6.45) is 10.8. The predicted molar refractivity (Wildman–Crippen MR) is 287 cm³/mol. The van der Waals surface area contributed by atoms with Crippen LogP contribution in [0.25, 0.3) is 44.5 Å². The molecule has 8 heterocycles. The fourth-order valence-corrected chi connectivity index (χ4v) is 9.51. The van der Waals surface area contributed by atoms with Crippen LogP contribution in [0.4, 0.5) is 11.6 Å². The molecule has 3 amide bonds. The van der Waals surface area contributed by atoms with Gasteiger partial charge in [-0.3, -0.25) is 34.1 Å². The maximum Gasteiger partial charge on any atom is 0.277 e. The van der Waals surface area contributed by atoms with Crippen molar-refractivity contribution < 1.29 is 42.8 Å². The van der Waals surface area contributed by atoms with Crippen LogP contribution < -0.4 is 21.1 Å². The molecule has 1 unspecified atom stereocenters. The number of piperidine rings is 1. The third-order valence-corrected chi connectivity index (χ3v) is 13.7. The Balaban J connectivity index is 0.535. The summed E-state index contributed by atoms with van der Waals surface area (Å²) in [5.74, 6) is -0.268. The van der Waals surface area contributed by atoms with E-state index in [1.165, 1.54) is 5.56 Å². The molecule has 5 aromatic heterocycles. The standard InChI is InChI=1S/C53H64N16O10/c1-64-33-41(30-58-64)44-31-55-50-49(60-44)62-63-68(50)35-42-34-67(16-18-79-42)53-56-27-40(28-57-53)38-7-5-37(6-8-38)32-65-12-14-66(15-13-65)47(71)36-78-26-25-77-24-23-76-22-21-75-20-19-74-17-11-54-43-4-2-3-39-29-59-69(52(73)48(39)43)45-9-10-46(70)61-51(45)72/h2-8,27-31,33,42,45,54H,9-26,32,34-36H2,1H3,(H,61,70,72)/t42-,45?/m0/s1. The Labute approximate surface area is 454 Å². The molecule has 0 saturated carbocycles. The third kappa shape index (κ3) is 14.3. The summed E-state index contributed by atoms with van der Waals surface area (Å²) < 4.78 is 38.8. The van der Waals surface area contributed by atoms with Gasteiger partial charge in [-0.1, -0.05) is 41.6 Å². The number of fused-ring (bicyclic) bond motifs is 2. The van der Waals surface area contributed by atoms with Crippen LogP contribution in [0.2, 0.25) is 0 Å². The number of nitrogens with one attached hydrogen (secondary N) is 2. The van der Waals surface area contributed by atoms with Gasteiger partial charge in [-0.2, -0.15) is 10.2 Å². The highest BCUT2D eigenvalue weighted by Gasteiger charge is 2.31. The predicted octanol–water partition coefficient (Wildman–Crippen LogP) is 1.51. The normalized spacial score (nSPS) is 17.2. The monoisotopic (exact) mass is 1080 g/mol. The Morgan fingerprint density at radius 1 is 0.772 bits per heavy atom. The zero-order valence-electron chi connectivity index (χ0n) is 44.1. The van der Waals surface area contributed by atoms with Crippen LogP contribution in [0.5, 0.6) is 0 Å². The molecule has 26 nitrogen and oxygen atoms in total. The van der Waals surface area contributed by atoms with E-state index in [1.807, 2.05) is 36.6 Å². The van der Waals surface area contributed by atoms with E-state index in [-0.39, 0.29) is 37.4 Å². The van der Waals surface area contributed by atoms with E-state index in [4.69, 9.17) is 38.4 Å². The first-order valence-electron chi connectivity index (χ1n) is 26.5. The van der Waals surface area contributed by atoms with E-state index >= 15 is 0 Å². The molecule has 0 aliphatic carbocycles. The molecule has 3 aliphatic rings. The number of hydrogen-bond acceptors (Lipinski definition) is 21. The highest BCUT2D eigenvalue weighted by molar-refractivity contribution is 5.99. The highest BCUT2D eigenvalue weighted by Crippen LogP contribution is 2.25. The molecule has 10 rings (SSSR count). The second-order valence-electron chi connectivity index (χ2n) is 19.2. The molecule has 0 radical (unpaired) electrons. The van der Waals surface area contributed by atoms with Gasteiger partial charge >= 0.3 is 0 Å². The van der Waals surface area contributed by atoms with Crippen molar-refractivity contribution in [2.24, 2.45) is 7.05 Å². The van der Waals surface area contributed by atoms with Crippen molar-refractivity contribution in [2.75, 3.05) is 129 Å². The first-order chi connectivity index (χ1) is 38.7. The number of aryl methyl sites for hydroxylation is 1. The van der Waals surface area contributed by atoms with E-state index in [1.54, 1.807) is 40.1 Å². The quantitative estimate of drug-likeness (QED) is 0.0574. The lowest BCUT2D eigenvalue weighted by Crippen LogP contribution is -2.49. The van der Waals surface area contributed by atoms with Gasteiger partial charge in [0.1, 0.15) is 12.6 Å². The van der Waals surface area contributed by atoms with Crippen molar-refractivity contribution >= 4 is 51.4 Å². The topological polar surface area (TPSA) is 275 Å². The van der Waals surface area contributed by atoms with Gasteiger partial charge in [0.05, 0.1) is 108 Å². The number of hydrogen-bond donors (Lipinski definition) is 2. The molecule has 0 spiro atoms. The van der Waals surface area contributed by atoms with Gasteiger partial charge in [0.15, 0.2) is 5.65 Å². The number of ether oxygens (including phenoxy) is 6. The molecule has 2 N–H and O–H groups in total. The molecule has 0 bridgehead atoms. The van der Waals surface area contributed by atoms with Gasteiger partial charge in [0.2, 0.25) is 23.4 Å². The second kappa shape index (κ2) is 26.8. The fraction of sp³-hybridized carbons (Fsp3) is 0.472. The molecular formula is C53H64N16O10. The minimum atomic E-state index is -0.840. The van der Waals surface area contributed by atoms with E-state index in [9.17, 15) is 19.2 Å². The first kappa shape index (κ1) is 54.6. The lowest BCUT2D eigenvalue weighted by molar-refractivity contribution is -0.139. The van der Waals surface area contributed by atoms with Crippen LogP contribution in [0, 0.1) is 0 Å². The highest BCUT2D eigenvalue weighted by atomic mass is 16.6. The number of amides is 3. The Morgan fingerprint density at radius 2 is 1.51 bits per heavy atom. The van der Waals surface area contributed by atoms with Crippen molar-refractivity contribution in [1.29, 1.82) is 0 Å². The summed E-state index contributed by atoms with van der Waals surface area (Å²) in [6, 6.07) is 13.0. The molecule has 3 saturated heterocycles. The smallest absolute Gasteiger partial charge is 0.277 e. The summed E-state index contributed by atoms with van der Waals surface area (Å²) in [6.45, 7) is 9.78. The minimum absolute atomic E-state index is 0.0161. The van der Waals surface area contributed by atoms with Gasteiger partial charge in [0.25, 0.3) is 11.5 Å². The van der Waals surface area contributed by atoms with Gasteiger partial charge < -0.3 is 43.5 Å². The van der Waals surface area contributed by atoms with Crippen molar-refractivity contribution in [3.63, 3.8) is 0 Å². The average molecular weight is 1090 g/mol. The van der Waals surface area contributed by atoms with Gasteiger partial charge in [-0.05, 0) is 23.6 Å². The zero-order valence-corrected chi connectivity index (χ0v) is 44.1. The van der Waals surface area contributed by atoms with Crippen LogP contribution in [-0.2, 0) is 62.9 Å². The Morgan fingerprint density at radius 3 is 2.23 bits per heavy atom. The molecule has 3 aliphatic heterocycles. The summed E-state index contributed by atoms with van der Waals surface area (Å²) in [4.78, 5) is 75.2. The van der Waals surface area contributed by atoms with Crippen LogP contribution in [0.1, 0.15) is 24.4 Å². The number of anilines is 2. The van der Waals surface area contributed by atoms with Gasteiger partial charge in [-0.15, -0.1) is 5.10 Å². The lowest BCUT2D eigenvalue weighted by Gasteiger charge is -2.34. The van der Waals surface area contributed by atoms with E-state index in [0.717, 1.165) is 41.0 Å². The molecular weight excluding hydrogens is 1020 g/mol. The maximum atomic E-state index is 13.4.